The van der Waals surface area contributed by atoms with Gasteiger partial charge >= 0.3 is 12.1 Å². The number of carbonyl (C=O) groups excluding carboxylic acids is 2. The monoisotopic (exact) mass is 496 g/mol. The maximum absolute atomic E-state index is 14.8. The summed E-state index contributed by atoms with van der Waals surface area (Å²) in [7, 11) is 3.45. The first kappa shape index (κ1) is 24.5. The summed E-state index contributed by atoms with van der Waals surface area (Å²) >= 11 is 1.41. The molecule has 3 aromatic rings. The highest BCUT2D eigenvalue weighted by molar-refractivity contribution is 7.14. The number of pyridine rings is 1. The van der Waals surface area contributed by atoms with Crippen LogP contribution in [-0.2, 0) is 12.0 Å². The van der Waals surface area contributed by atoms with Crippen LogP contribution in [0.3, 0.4) is 0 Å². The zero-order valence-corrected chi connectivity index (χ0v) is 21.4. The quantitative estimate of drug-likeness (QED) is 0.404. The van der Waals surface area contributed by atoms with Crippen LogP contribution in [0.25, 0.3) is 0 Å². The molecule has 0 radical (unpaired) electrons. The Bertz CT molecular complexity index is 1300. The molecule has 0 saturated carbocycles. The fourth-order valence-corrected chi connectivity index (χ4v) is 4.88. The molecule has 3 N–H and O–H groups in total. The van der Waals surface area contributed by atoms with E-state index in [4.69, 9.17) is 0 Å². The highest BCUT2D eigenvalue weighted by atomic mass is 32.1. The van der Waals surface area contributed by atoms with Gasteiger partial charge in [-0.15, -0.1) is 11.3 Å². The number of aryl methyl sites for hydroxylation is 1. The average molecular weight is 497 g/mol. The molecule has 0 unspecified atom stereocenters. The lowest BCUT2D eigenvalue weighted by Gasteiger charge is -2.36. The number of halogens is 1. The Morgan fingerprint density at radius 2 is 1.89 bits per heavy atom. The Labute approximate surface area is 208 Å². The van der Waals surface area contributed by atoms with Crippen LogP contribution in [0.1, 0.15) is 37.5 Å². The minimum Gasteiger partial charge on any atom is -0.373 e. The number of benzene rings is 1. The lowest BCUT2D eigenvalue weighted by atomic mass is 9.89. The lowest BCUT2D eigenvalue weighted by molar-refractivity contribution is 0.251. The van der Waals surface area contributed by atoms with Crippen LogP contribution in [0.15, 0.2) is 35.8 Å². The largest absolute Gasteiger partial charge is 0.373 e. The van der Waals surface area contributed by atoms with E-state index in [0.717, 1.165) is 16.8 Å². The van der Waals surface area contributed by atoms with E-state index in [-0.39, 0.29) is 23.7 Å². The van der Waals surface area contributed by atoms with Crippen molar-refractivity contribution in [2.45, 2.75) is 39.7 Å². The molecule has 0 spiro atoms. The maximum atomic E-state index is 14.8. The summed E-state index contributed by atoms with van der Waals surface area (Å²) in [5.74, 6) is 0.0779. The topological polar surface area (TPSA) is 89.6 Å². The number of hydrogen-bond acceptors (Lipinski definition) is 5. The minimum atomic E-state index is -0.582. The number of nitrogens with zero attached hydrogens (tertiary/aromatic N) is 3. The molecule has 35 heavy (non-hydrogen) atoms. The van der Waals surface area contributed by atoms with Crippen LogP contribution in [0.2, 0.25) is 0 Å². The number of nitrogens with one attached hydrogen (secondary N) is 3. The van der Waals surface area contributed by atoms with Crippen molar-refractivity contribution in [2.24, 2.45) is 0 Å². The number of hydrogen-bond donors (Lipinski definition) is 3. The standard InChI is InChI=1S/C25H29FN6O2S/c1-14-7-17(26)18(29-23(33)30-22-8-16(13-35-22)25(2,3)4)9-19(14)32-12-15-11-28-21(27-5)10-20(15)31(6)24(32)34/h7-11,13H,12H2,1-6H3,(H,27,28)(H2,29,30,33). The van der Waals surface area contributed by atoms with Gasteiger partial charge < -0.3 is 10.6 Å². The van der Waals surface area contributed by atoms with Crippen molar-refractivity contribution in [3.8, 4) is 0 Å². The van der Waals surface area contributed by atoms with E-state index in [2.05, 4.69) is 41.7 Å². The Morgan fingerprint density at radius 3 is 2.54 bits per heavy atom. The molecular formula is C25H29FN6O2S. The summed E-state index contributed by atoms with van der Waals surface area (Å²) in [4.78, 5) is 33.3. The second kappa shape index (κ2) is 9.18. The van der Waals surface area contributed by atoms with E-state index >= 15 is 0 Å². The van der Waals surface area contributed by atoms with E-state index in [1.165, 1.54) is 28.4 Å². The molecular weight excluding hydrogens is 467 g/mol. The van der Waals surface area contributed by atoms with Crippen LogP contribution in [0, 0.1) is 12.7 Å². The highest BCUT2D eigenvalue weighted by Gasteiger charge is 2.31. The Morgan fingerprint density at radius 1 is 1.14 bits per heavy atom. The summed E-state index contributed by atoms with van der Waals surface area (Å²) in [6.07, 6.45) is 1.72. The zero-order chi connectivity index (χ0) is 25.5. The van der Waals surface area contributed by atoms with Gasteiger partial charge in [0.1, 0.15) is 11.6 Å². The molecule has 10 heteroatoms. The smallest absolute Gasteiger partial charge is 0.329 e. The van der Waals surface area contributed by atoms with E-state index in [0.29, 0.717) is 22.1 Å². The molecule has 4 amide bonds. The molecule has 4 rings (SSSR count). The van der Waals surface area contributed by atoms with Gasteiger partial charge in [-0.05, 0) is 47.0 Å². The summed E-state index contributed by atoms with van der Waals surface area (Å²) in [5, 5.41) is 11.0. The molecule has 0 fully saturated rings. The summed E-state index contributed by atoms with van der Waals surface area (Å²) in [6.45, 7) is 8.28. The van der Waals surface area contributed by atoms with Crippen LogP contribution in [-0.4, -0.2) is 31.1 Å². The van der Waals surface area contributed by atoms with Crippen molar-refractivity contribution >= 4 is 51.3 Å². The van der Waals surface area contributed by atoms with E-state index < -0.39 is 11.8 Å². The summed E-state index contributed by atoms with van der Waals surface area (Å²) < 4.78 is 14.8. The number of amides is 4. The maximum Gasteiger partial charge on any atom is 0.329 e. The van der Waals surface area contributed by atoms with Gasteiger partial charge in [-0.25, -0.2) is 19.0 Å². The van der Waals surface area contributed by atoms with Crippen molar-refractivity contribution in [3.63, 3.8) is 0 Å². The van der Waals surface area contributed by atoms with Gasteiger partial charge in [0.05, 0.1) is 28.6 Å². The normalized spacial score (nSPS) is 13.5. The number of thiophene rings is 1. The Hall–Kier alpha value is -3.66. The molecule has 0 aliphatic carbocycles. The van der Waals surface area contributed by atoms with Gasteiger partial charge in [-0.1, -0.05) is 20.8 Å². The van der Waals surface area contributed by atoms with Gasteiger partial charge in [-0.2, -0.15) is 0 Å². The average Bonchev–Trinajstić information content (AvgIpc) is 3.27. The fourth-order valence-electron chi connectivity index (χ4n) is 3.86. The molecule has 184 valence electrons. The van der Waals surface area contributed by atoms with Crippen molar-refractivity contribution in [2.75, 3.05) is 39.8 Å². The first-order valence-corrected chi connectivity index (χ1v) is 12.0. The van der Waals surface area contributed by atoms with E-state index in [1.807, 2.05) is 17.5 Å². The molecule has 1 aromatic carbocycles. The summed E-state index contributed by atoms with van der Waals surface area (Å²) in [5.41, 5.74) is 3.75. The number of rotatable bonds is 4. The number of aromatic nitrogens is 1. The van der Waals surface area contributed by atoms with Crippen LogP contribution in [0.5, 0.6) is 0 Å². The van der Waals surface area contributed by atoms with Gasteiger partial charge in [0.25, 0.3) is 0 Å². The van der Waals surface area contributed by atoms with Gasteiger partial charge in [-0.3, -0.25) is 15.1 Å². The molecule has 2 aromatic heterocycles. The number of anilines is 5. The number of urea groups is 2. The molecule has 8 nitrogen and oxygen atoms in total. The molecule has 0 atom stereocenters. The second-order valence-corrected chi connectivity index (χ2v) is 10.4. The first-order chi connectivity index (χ1) is 16.5. The Balaban J connectivity index is 1.57. The molecule has 1 aliphatic rings. The molecule has 0 bridgehead atoms. The molecule has 0 saturated heterocycles. The van der Waals surface area contributed by atoms with Crippen LogP contribution in [0.4, 0.5) is 41.9 Å². The minimum absolute atomic E-state index is 0.0133. The fraction of sp³-hybridized carbons (Fsp3) is 0.320. The zero-order valence-electron chi connectivity index (χ0n) is 20.6. The Kier molecular flexibility index (Phi) is 6.42. The van der Waals surface area contributed by atoms with Crippen LogP contribution >= 0.6 is 11.3 Å². The van der Waals surface area contributed by atoms with Crippen molar-refractivity contribution in [1.29, 1.82) is 0 Å². The highest BCUT2D eigenvalue weighted by Crippen LogP contribution is 2.35. The number of carbonyl (C=O) groups is 2. The van der Waals surface area contributed by atoms with Gasteiger partial charge in [0.15, 0.2) is 0 Å². The first-order valence-electron chi connectivity index (χ1n) is 11.2. The third kappa shape index (κ3) is 4.93. The molecule has 1 aliphatic heterocycles. The lowest BCUT2D eigenvalue weighted by Crippen LogP contribution is -2.45. The van der Waals surface area contributed by atoms with Crippen molar-refractivity contribution < 1.29 is 14.0 Å². The SMILES string of the molecule is CNc1cc2c(cn1)CN(c1cc(NC(=O)Nc3cc(C(C)(C)C)cs3)c(F)cc1C)C(=O)N2C. The van der Waals surface area contributed by atoms with Gasteiger partial charge in [0.2, 0.25) is 0 Å². The van der Waals surface area contributed by atoms with E-state index in [1.54, 1.807) is 32.1 Å². The second-order valence-electron chi connectivity index (χ2n) is 9.52. The molecule has 3 heterocycles. The van der Waals surface area contributed by atoms with E-state index in [9.17, 15) is 14.0 Å². The third-order valence-corrected chi connectivity index (χ3v) is 6.80. The third-order valence-electron chi connectivity index (χ3n) is 5.95. The van der Waals surface area contributed by atoms with Crippen LogP contribution < -0.4 is 25.8 Å². The van der Waals surface area contributed by atoms with Gasteiger partial charge in [0, 0.05) is 31.9 Å². The predicted octanol–water partition coefficient (Wildman–Crippen LogP) is 6.15. The predicted molar refractivity (Wildman–Crippen MR) is 141 cm³/mol. The van der Waals surface area contributed by atoms with Crippen molar-refractivity contribution in [3.05, 3.63) is 58.3 Å². The number of fused-ring (bicyclic) bond motifs is 1. The van der Waals surface area contributed by atoms with Crippen molar-refractivity contribution in [1.82, 2.24) is 4.98 Å². The summed E-state index contributed by atoms with van der Waals surface area (Å²) in [6, 6.07) is 5.72.